The number of aromatic nitrogens is 1. The Balaban J connectivity index is 1.52. The van der Waals surface area contributed by atoms with E-state index in [0.717, 1.165) is 35.2 Å². The van der Waals surface area contributed by atoms with Gasteiger partial charge in [-0.2, -0.15) is 0 Å². The maximum Gasteiger partial charge on any atom is 0.236 e. The molecule has 5 heteroatoms. The molecular weight excluding hydrogens is 320 g/mol. The molecule has 126 valence electrons. The van der Waals surface area contributed by atoms with Gasteiger partial charge in [-0.15, -0.1) is 11.3 Å². The Labute approximate surface area is 146 Å². The molecule has 0 N–H and O–H groups in total. The van der Waals surface area contributed by atoms with Gasteiger partial charge in [0.25, 0.3) is 0 Å². The largest absolute Gasteiger partial charge is 0.492 e. The minimum Gasteiger partial charge on any atom is -0.492 e. The molecule has 3 rings (SSSR count). The van der Waals surface area contributed by atoms with E-state index in [4.69, 9.17) is 9.15 Å². The molecule has 0 aliphatic heterocycles. The molecule has 4 nitrogen and oxygen atoms in total. The molecule has 24 heavy (non-hydrogen) atoms. The van der Waals surface area contributed by atoms with Gasteiger partial charge in [0.15, 0.2) is 0 Å². The smallest absolute Gasteiger partial charge is 0.236 e. The quantitative estimate of drug-likeness (QED) is 0.632. The van der Waals surface area contributed by atoms with Crippen LogP contribution in [0.4, 0.5) is 0 Å². The first kappa shape index (κ1) is 16.7. The lowest BCUT2D eigenvalue weighted by atomic mass is 10.2. The zero-order chi connectivity index (χ0) is 16.9. The van der Waals surface area contributed by atoms with E-state index in [0.29, 0.717) is 12.5 Å². The van der Waals surface area contributed by atoms with E-state index in [2.05, 4.69) is 36.0 Å². The number of aryl methyl sites for hydroxylation is 2. The van der Waals surface area contributed by atoms with Crippen LogP contribution in [-0.4, -0.2) is 30.1 Å². The molecule has 0 spiro atoms. The molecule has 0 aliphatic carbocycles. The van der Waals surface area contributed by atoms with Gasteiger partial charge >= 0.3 is 0 Å². The number of hydrogen-bond acceptors (Lipinski definition) is 5. The van der Waals surface area contributed by atoms with E-state index in [1.807, 2.05) is 36.6 Å². The molecule has 0 aliphatic rings. The van der Waals surface area contributed by atoms with E-state index in [1.54, 1.807) is 11.3 Å². The molecule has 0 unspecified atom stereocenters. The van der Waals surface area contributed by atoms with Gasteiger partial charge in [0.05, 0.1) is 10.6 Å². The standard InChI is InChI=1S/C19H22N2O2S/c1-14-6-4-7-16(12-14)22-10-9-21(3)13-17-15(2)23-19(20-17)18-8-5-11-24-18/h4-8,11-12H,9-10,13H2,1-3H3. The van der Waals surface area contributed by atoms with Gasteiger partial charge in [0, 0.05) is 13.1 Å². The number of rotatable bonds is 7. The molecule has 1 aromatic carbocycles. The van der Waals surface area contributed by atoms with Gasteiger partial charge < -0.3 is 9.15 Å². The van der Waals surface area contributed by atoms with Crippen molar-refractivity contribution < 1.29 is 9.15 Å². The summed E-state index contributed by atoms with van der Waals surface area (Å²) >= 11 is 1.64. The van der Waals surface area contributed by atoms with E-state index >= 15 is 0 Å². The van der Waals surface area contributed by atoms with Gasteiger partial charge in [0.2, 0.25) is 5.89 Å². The van der Waals surface area contributed by atoms with Gasteiger partial charge in [-0.25, -0.2) is 4.98 Å². The molecular formula is C19H22N2O2S. The molecule has 0 radical (unpaired) electrons. The number of nitrogens with zero attached hydrogens (tertiary/aromatic N) is 2. The van der Waals surface area contributed by atoms with Crippen LogP contribution in [-0.2, 0) is 6.54 Å². The van der Waals surface area contributed by atoms with Crippen molar-refractivity contribution in [1.82, 2.24) is 9.88 Å². The van der Waals surface area contributed by atoms with Crippen molar-refractivity contribution in [1.29, 1.82) is 0 Å². The minimum absolute atomic E-state index is 0.647. The predicted octanol–water partition coefficient (Wildman–Crippen LogP) is 4.53. The number of likely N-dealkylation sites (N-methyl/N-ethyl adjacent to an activating group) is 1. The topological polar surface area (TPSA) is 38.5 Å². The van der Waals surface area contributed by atoms with Crippen LogP contribution >= 0.6 is 11.3 Å². The maximum atomic E-state index is 5.81. The van der Waals surface area contributed by atoms with Crippen molar-refractivity contribution in [2.24, 2.45) is 0 Å². The van der Waals surface area contributed by atoms with E-state index in [1.165, 1.54) is 5.56 Å². The summed E-state index contributed by atoms with van der Waals surface area (Å²) in [5, 5.41) is 2.03. The molecule has 2 heterocycles. The average Bonchev–Trinajstić information content (AvgIpc) is 3.18. The van der Waals surface area contributed by atoms with E-state index < -0.39 is 0 Å². The van der Waals surface area contributed by atoms with E-state index in [-0.39, 0.29) is 0 Å². The van der Waals surface area contributed by atoms with Crippen LogP contribution < -0.4 is 4.74 Å². The Kier molecular flexibility index (Phi) is 5.33. The fraction of sp³-hybridized carbons (Fsp3) is 0.316. The monoisotopic (exact) mass is 342 g/mol. The molecule has 0 atom stereocenters. The zero-order valence-electron chi connectivity index (χ0n) is 14.3. The third-order valence-electron chi connectivity index (χ3n) is 3.78. The number of benzene rings is 1. The van der Waals surface area contributed by atoms with Crippen LogP contribution in [0.15, 0.2) is 46.2 Å². The summed E-state index contributed by atoms with van der Waals surface area (Å²) in [5.74, 6) is 2.51. The SMILES string of the molecule is Cc1cccc(OCCN(C)Cc2nc(-c3cccs3)oc2C)c1. The van der Waals surface area contributed by atoms with Crippen LogP contribution in [0.2, 0.25) is 0 Å². The predicted molar refractivity (Wildman–Crippen MR) is 97.6 cm³/mol. The number of oxazole rings is 1. The highest BCUT2D eigenvalue weighted by atomic mass is 32.1. The Morgan fingerprint density at radius 2 is 2.08 bits per heavy atom. The Morgan fingerprint density at radius 3 is 2.83 bits per heavy atom. The highest BCUT2D eigenvalue weighted by Gasteiger charge is 2.13. The summed E-state index contributed by atoms with van der Waals surface area (Å²) in [4.78, 5) is 7.89. The second-order valence-corrected chi connectivity index (χ2v) is 6.85. The third kappa shape index (κ3) is 4.24. The van der Waals surface area contributed by atoms with Gasteiger partial charge in [-0.05, 0) is 50.0 Å². The second-order valence-electron chi connectivity index (χ2n) is 5.90. The Hall–Kier alpha value is -2.11. The fourth-order valence-electron chi connectivity index (χ4n) is 2.44. The van der Waals surface area contributed by atoms with Crippen molar-refractivity contribution in [2.75, 3.05) is 20.2 Å². The number of hydrogen-bond donors (Lipinski definition) is 0. The summed E-state index contributed by atoms with van der Waals surface area (Å²) in [6.45, 7) is 6.26. The highest BCUT2D eigenvalue weighted by molar-refractivity contribution is 7.13. The first-order valence-corrected chi connectivity index (χ1v) is 8.88. The first-order chi connectivity index (χ1) is 11.6. The summed E-state index contributed by atoms with van der Waals surface area (Å²) in [5.41, 5.74) is 2.19. The van der Waals surface area contributed by atoms with Gasteiger partial charge in [-0.3, -0.25) is 4.90 Å². The summed E-state index contributed by atoms with van der Waals surface area (Å²) < 4.78 is 11.6. The lowest BCUT2D eigenvalue weighted by molar-refractivity contribution is 0.231. The highest BCUT2D eigenvalue weighted by Crippen LogP contribution is 2.26. The summed E-state index contributed by atoms with van der Waals surface area (Å²) in [6, 6.07) is 12.2. The Bertz CT molecular complexity index is 781. The van der Waals surface area contributed by atoms with Crippen molar-refractivity contribution >= 4 is 11.3 Å². The normalized spacial score (nSPS) is 11.2. The van der Waals surface area contributed by atoms with E-state index in [9.17, 15) is 0 Å². The van der Waals surface area contributed by atoms with Gasteiger partial charge in [-0.1, -0.05) is 18.2 Å². The van der Waals surface area contributed by atoms with Crippen molar-refractivity contribution in [2.45, 2.75) is 20.4 Å². The molecule has 0 saturated carbocycles. The molecule has 0 saturated heterocycles. The minimum atomic E-state index is 0.647. The second kappa shape index (κ2) is 7.64. The van der Waals surface area contributed by atoms with Crippen LogP contribution in [0.5, 0.6) is 5.75 Å². The Morgan fingerprint density at radius 1 is 1.21 bits per heavy atom. The maximum absolute atomic E-state index is 5.81. The number of ether oxygens (including phenoxy) is 1. The van der Waals surface area contributed by atoms with Crippen LogP contribution in [0.1, 0.15) is 17.0 Å². The molecule has 0 bridgehead atoms. The van der Waals surface area contributed by atoms with Crippen LogP contribution in [0, 0.1) is 13.8 Å². The van der Waals surface area contributed by atoms with Crippen LogP contribution in [0.3, 0.4) is 0 Å². The summed E-state index contributed by atoms with van der Waals surface area (Å²) in [6.07, 6.45) is 0. The molecule has 0 amide bonds. The van der Waals surface area contributed by atoms with Crippen molar-refractivity contribution in [3.05, 3.63) is 58.8 Å². The first-order valence-electron chi connectivity index (χ1n) is 8.00. The summed E-state index contributed by atoms with van der Waals surface area (Å²) in [7, 11) is 2.07. The number of thiophene rings is 1. The molecule has 0 fully saturated rings. The van der Waals surface area contributed by atoms with Crippen molar-refractivity contribution in [3.8, 4) is 16.5 Å². The lowest BCUT2D eigenvalue weighted by Gasteiger charge is -2.16. The molecule has 3 aromatic rings. The third-order valence-corrected chi connectivity index (χ3v) is 4.63. The zero-order valence-corrected chi connectivity index (χ0v) is 15.1. The van der Waals surface area contributed by atoms with Crippen molar-refractivity contribution in [3.63, 3.8) is 0 Å². The van der Waals surface area contributed by atoms with Gasteiger partial charge in [0.1, 0.15) is 18.1 Å². The fourth-order valence-corrected chi connectivity index (χ4v) is 3.09. The average molecular weight is 342 g/mol. The lowest BCUT2D eigenvalue weighted by Crippen LogP contribution is -2.24. The molecule has 2 aromatic heterocycles. The van der Waals surface area contributed by atoms with Crippen LogP contribution in [0.25, 0.3) is 10.8 Å².